The Kier molecular flexibility index (Phi) is 30.0. The van der Waals surface area contributed by atoms with E-state index in [1.807, 2.05) is 26.0 Å². The molecule has 0 amide bonds. The first kappa shape index (κ1) is 82.7. The Morgan fingerprint density at radius 3 is 2.23 bits per heavy atom. The van der Waals surface area contributed by atoms with Crippen LogP contribution in [0.4, 0.5) is 0 Å². The molecule has 566 valence electrons. The molecule has 7 N–H and O–H groups in total. The first-order valence-corrected chi connectivity index (χ1v) is 38.0. The summed E-state index contributed by atoms with van der Waals surface area (Å²) in [6.07, 6.45) is 3.22. The SMILES string of the molecule is C=C1[C@@H](O)[C@@H]2O[C@]3(CC[C@H](/C=C/[C@@H](C)[C@@H]4CC(C)=C[C@@]5(O[C@H](C[C@@](C)(O)C(=O)OC/C(C)=C/C=C/CCOC(=O)C/C=C\CCC(O)CC(CC(O)C(OS(=O)(=O)[O-])C(O)COS(=O)(=O)[O-])OS(=O)(=O)[O-])CC[C@H]5O)O4)O3)CC[C@H]2O[C@@H]1[C@@H](O)C[C@H](C)[C@H]1O[C@@]2(CCCCO2)CC[C@H]1C. The number of aliphatic hydroxyl groups is 7. The molecule has 7 rings (SSSR count). The van der Waals surface area contributed by atoms with E-state index in [1.54, 1.807) is 31.2 Å². The number of carbonyl (C=O) groups is 2. The highest BCUT2D eigenvalue weighted by atomic mass is 32.3. The van der Waals surface area contributed by atoms with E-state index in [0.29, 0.717) is 75.0 Å². The number of hydrogen-bond donors (Lipinski definition) is 7. The van der Waals surface area contributed by atoms with Crippen LogP contribution in [0.2, 0.25) is 0 Å². The maximum Gasteiger partial charge on any atom is 0.338 e. The van der Waals surface area contributed by atoms with Gasteiger partial charge in [-0.1, -0.05) is 75.5 Å². The summed E-state index contributed by atoms with van der Waals surface area (Å²) < 4.78 is 169. The summed E-state index contributed by atoms with van der Waals surface area (Å²) in [4.78, 5) is 25.6. The number of rotatable bonds is 34. The van der Waals surface area contributed by atoms with Gasteiger partial charge < -0.3 is 92.0 Å². The van der Waals surface area contributed by atoms with E-state index in [1.165, 1.54) is 19.1 Å². The largest absolute Gasteiger partial charge is 0.726 e. The highest BCUT2D eigenvalue weighted by Crippen LogP contribution is 2.48. The van der Waals surface area contributed by atoms with Crippen molar-refractivity contribution in [1.82, 2.24) is 0 Å². The lowest BCUT2D eigenvalue weighted by molar-refractivity contribution is -0.321. The van der Waals surface area contributed by atoms with Gasteiger partial charge in [-0.15, -0.1) is 0 Å². The van der Waals surface area contributed by atoms with Crippen LogP contribution in [-0.4, -0.2) is 228 Å². The molecule has 0 aliphatic carbocycles. The maximum atomic E-state index is 13.3. The lowest BCUT2D eigenvalue weighted by atomic mass is 9.79. The van der Waals surface area contributed by atoms with E-state index >= 15 is 0 Å². The predicted molar refractivity (Wildman–Crippen MR) is 344 cm³/mol. The molecule has 5 unspecified atom stereocenters. The zero-order valence-electron chi connectivity index (χ0n) is 56.9. The zero-order valence-corrected chi connectivity index (χ0v) is 59.4. The van der Waals surface area contributed by atoms with Gasteiger partial charge in [0.05, 0.1) is 81.2 Å². The second-order valence-electron chi connectivity index (χ2n) is 27.9. The quantitative estimate of drug-likeness (QED) is 0.0120. The van der Waals surface area contributed by atoms with Gasteiger partial charge in [0.15, 0.2) is 17.2 Å². The van der Waals surface area contributed by atoms with Crippen molar-refractivity contribution in [2.75, 3.05) is 26.4 Å². The van der Waals surface area contributed by atoms with Crippen molar-refractivity contribution in [1.29, 1.82) is 0 Å². The highest BCUT2D eigenvalue weighted by Gasteiger charge is 2.55. The van der Waals surface area contributed by atoms with Crippen molar-refractivity contribution in [3.63, 3.8) is 0 Å². The van der Waals surface area contributed by atoms with Gasteiger partial charge in [-0.05, 0) is 127 Å². The van der Waals surface area contributed by atoms with Gasteiger partial charge in [0, 0.05) is 50.9 Å². The third kappa shape index (κ3) is 25.1. The van der Waals surface area contributed by atoms with Crippen molar-refractivity contribution >= 4 is 43.1 Å². The minimum Gasteiger partial charge on any atom is -0.726 e. The zero-order chi connectivity index (χ0) is 72.9. The highest BCUT2D eigenvalue weighted by molar-refractivity contribution is 7.81. The predicted octanol–water partition coefficient (Wildman–Crippen LogP) is 3.87. The summed E-state index contributed by atoms with van der Waals surface area (Å²) in [5.74, 6) is -4.40. The second-order valence-corrected chi connectivity index (χ2v) is 31.0. The van der Waals surface area contributed by atoms with Gasteiger partial charge >= 0.3 is 11.9 Å². The van der Waals surface area contributed by atoms with Crippen molar-refractivity contribution in [3.05, 3.63) is 71.9 Å². The molecule has 6 saturated heterocycles. The van der Waals surface area contributed by atoms with Crippen LogP contribution in [0.3, 0.4) is 0 Å². The van der Waals surface area contributed by atoms with Crippen LogP contribution in [0.25, 0.3) is 0 Å². The number of aliphatic hydroxyl groups excluding tert-OH is 6. The van der Waals surface area contributed by atoms with Crippen molar-refractivity contribution in [2.24, 2.45) is 17.8 Å². The van der Waals surface area contributed by atoms with Crippen LogP contribution in [0.1, 0.15) is 170 Å². The topological polar surface area (TPSA) is 458 Å². The molecule has 33 heteroatoms. The number of carbonyl (C=O) groups excluding carboxylic acids is 2. The molecule has 6 fully saturated rings. The Morgan fingerprint density at radius 2 is 1.54 bits per heavy atom. The lowest BCUT2D eigenvalue weighted by Crippen LogP contribution is -2.60. The van der Waals surface area contributed by atoms with Crippen LogP contribution in [0.15, 0.2) is 71.9 Å². The number of hydrogen-bond acceptors (Lipinski definition) is 30. The van der Waals surface area contributed by atoms with Gasteiger partial charge in [0.25, 0.3) is 0 Å². The van der Waals surface area contributed by atoms with Crippen LogP contribution in [0.5, 0.6) is 0 Å². The molecule has 99 heavy (non-hydrogen) atoms. The molecule has 0 bridgehead atoms. The molecular weight excluding hydrogens is 1370 g/mol. The van der Waals surface area contributed by atoms with Crippen LogP contribution in [0, 0.1) is 17.8 Å². The van der Waals surface area contributed by atoms with E-state index in [2.05, 4.69) is 33.0 Å². The first-order chi connectivity index (χ1) is 46.3. The van der Waals surface area contributed by atoms with Gasteiger partial charge in [0.1, 0.15) is 43.2 Å². The average molecular weight is 1470 g/mol. The molecule has 7 aliphatic rings. The number of ether oxygens (including phenoxy) is 9. The fourth-order valence-electron chi connectivity index (χ4n) is 14.1. The van der Waals surface area contributed by atoms with Crippen molar-refractivity contribution in [3.8, 4) is 0 Å². The Balaban J connectivity index is 0.788. The Hall–Kier alpha value is -3.57. The Labute approximate surface area is 580 Å². The molecule has 30 nitrogen and oxygen atoms in total. The molecule has 0 saturated carbocycles. The number of fused-ring (bicyclic) bond motifs is 1. The molecular formula is C66H101O30S3-3. The third-order valence-electron chi connectivity index (χ3n) is 19.3. The molecule has 3 spiro atoms. The molecule has 7 aliphatic heterocycles. The summed E-state index contributed by atoms with van der Waals surface area (Å²) in [7, 11) is -16.7. The molecule has 22 atom stereocenters. The second kappa shape index (κ2) is 35.9. The Bertz CT molecular complexity index is 3180. The van der Waals surface area contributed by atoms with Crippen LogP contribution in [-0.2, 0) is 96.0 Å². The fourth-order valence-corrected chi connectivity index (χ4v) is 15.4. The average Bonchev–Trinajstić information content (AvgIpc) is 1.68. The summed E-state index contributed by atoms with van der Waals surface area (Å²) in [6.45, 7) is 14.5. The number of allylic oxidation sites excluding steroid dienone is 3. The summed E-state index contributed by atoms with van der Waals surface area (Å²) in [5.41, 5.74) is -0.0539. The molecule has 7 heterocycles. The van der Waals surface area contributed by atoms with E-state index in [9.17, 15) is 84.2 Å². The smallest absolute Gasteiger partial charge is 0.338 e. The molecule has 0 aromatic rings. The van der Waals surface area contributed by atoms with Crippen LogP contribution < -0.4 is 0 Å². The summed E-state index contributed by atoms with van der Waals surface area (Å²) in [5, 5.41) is 77.3. The summed E-state index contributed by atoms with van der Waals surface area (Å²) >= 11 is 0. The van der Waals surface area contributed by atoms with E-state index in [0.717, 1.165) is 37.7 Å². The fraction of sp³-hybridized carbons (Fsp3) is 0.788. The third-order valence-corrected chi connectivity index (χ3v) is 20.6. The minimum atomic E-state index is -5.73. The normalized spacial score (nSPS) is 33.6. The van der Waals surface area contributed by atoms with Crippen molar-refractivity contribution in [2.45, 2.75) is 284 Å². The van der Waals surface area contributed by atoms with Gasteiger partial charge in [0.2, 0.25) is 37.0 Å². The van der Waals surface area contributed by atoms with E-state index < -0.39 is 165 Å². The lowest BCUT2D eigenvalue weighted by Gasteiger charge is -2.50. The summed E-state index contributed by atoms with van der Waals surface area (Å²) in [6, 6.07) is 0. The van der Waals surface area contributed by atoms with Crippen LogP contribution >= 0.6 is 0 Å². The molecule has 0 aromatic heterocycles. The maximum absolute atomic E-state index is 13.3. The van der Waals surface area contributed by atoms with Gasteiger partial charge in [-0.2, -0.15) is 0 Å². The Morgan fingerprint density at radius 1 is 0.818 bits per heavy atom. The monoisotopic (exact) mass is 1470 g/mol. The van der Waals surface area contributed by atoms with Gasteiger partial charge in [-0.3, -0.25) is 17.3 Å². The van der Waals surface area contributed by atoms with E-state index in [-0.39, 0.29) is 69.4 Å². The standard InChI is InChI=1S/C66H104O30S3/c1-40(16-10-9-14-30-85-56(72)18-12-8-11-17-46(67)34-49(95-98(79,80)81)35-51(69)60(96-99(82,83)84)52(70)39-88-97(76,77)78)38-86-62(74)63(7,75)37-48-21-22-55(71)66(91-48)36-41(2)32-54(92-66)42(3)19-20-47-24-28-65(90-47)29-25-53-61(94-65)57(73)45(6)59(89-53)50(68)33-44(5)58-43(4)23-27-64(93-58)26-13-15-31-87-64/h8-10,12,16,19-20,36,42-44,46-55,57-61,67-71,73,75H,6,11,13-15,17-18,21-35,37-39H2,1-5,7H3,(H,76,77,78)(H,79,80,81)(H,82,83,84)/p-3/b10-9+,12-8-,20-19+,40-16+/t42-,43-,44+,46?,47+,48+,49?,50+,51?,52?,53-,54+,55-,57-,58+,59+,60?,61-,63-,64+,65-,66-/m1/s1. The van der Waals surface area contributed by atoms with E-state index in [4.69, 9.17) is 42.6 Å². The number of esters is 2. The molecule has 0 aromatic carbocycles. The first-order valence-electron chi connectivity index (χ1n) is 34.0. The molecule has 0 radical (unpaired) electrons. The minimum absolute atomic E-state index is 0.00388. The van der Waals surface area contributed by atoms with Gasteiger partial charge in [-0.25, -0.2) is 30.0 Å². The van der Waals surface area contributed by atoms with Crippen molar-refractivity contribution < 1.29 is 139 Å².